The van der Waals surface area contributed by atoms with Gasteiger partial charge in [0.1, 0.15) is 4.90 Å². The molecule has 0 atom stereocenters. The van der Waals surface area contributed by atoms with Crippen molar-refractivity contribution in [2.75, 3.05) is 5.73 Å². The number of rotatable bonds is 1. The Morgan fingerprint density at radius 3 is 1.91 bits per heavy atom. The fourth-order valence-corrected chi connectivity index (χ4v) is 2.79. The summed E-state index contributed by atoms with van der Waals surface area (Å²) in [5, 5.41) is 1.21. The van der Waals surface area contributed by atoms with Crippen molar-refractivity contribution < 1.29 is 13.0 Å². The van der Waals surface area contributed by atoms with Gasteiger partial charge in [0.15, 0.2) is 0 Å². The lowest BCUT2D eigenvalue weighted by atomic mass is 10.1. The molecule has 114 valence electrons. The predicted octanol–water partition coefficient (Wildman–Crippen LogP) is 3.66. The highest BCUT2D eigenvalue weighted by Crippen LogP contribution is 2.27. The monoisotopic (exact) mass is 315 g/mol. The number of nitrogens with two attached hydrogens (primary N) is 1. The number of aryl methyl sites for hydroxylation is 1. The first kappa shape index (κ1) is 16.0. The van der Waals surface area contributed by atoms with E-state index in [0.29, 0.717) is 11.1 Å². The zero-order valence-corrected chi connectivity index (χ0v) is 12.9. The van der Waals surface area contributed by atoms with Gasteiger partial charge in [-0.05, 0) is 36.1 Å². The second-order valence-electron chi connectivity index (χ2n) is 4.82. The van der Waals surface area contributed by atoms with Gasteiger partial charge < -0.3 is 5.73 Å². The molecule has 3 N–H and O–H groups in total. The molecule has 0 saturated carbocycles. The molecule has 3 rings (SSSR count). The molecule has 0 bridgehead atoms. The molecule has 0 heterocycles. The van der Waals surface area contributed by atoms with E-state index in [9.17, 15) is 8.42 Å². The minimum absolute atomic E-state index is 0.0897. The Morgan fingerprint density at radius 1 is 0.864 bits per heavy atom. The van der Waals surface area contributed by atoms with Crippen LogP contribution in [0.2, 0.25) is 0 Å². The summed E-state index contributed by atoms with van der Waals surface area (Å²) in [6.07, 6.45) is 0. The van der Waals surface area contributed by atoms with E-state index in [1.807, 2.05) is 43.3 Å². The lowest BCUT2D eigenvalue weighted by Crippen LogP contribution is -2.00. The molecule has 3 aromatic carbocycles. The lowest BCUT2D eigenvalue weighted by Gasteiger charge is -2.07. The molecule has 22 heavy (non-hydrogen) atoms. The summed E-state index contributed by atoms with van der Waals surface area (Å²) in [7, 11) is -4.20. The standard InChI is InChI=1S/C11H11NO3S.C6H6/c1-7-2-5-11(16(13,14)15)9-4-3-8(12)6-10(7)9;1-2-4-6-5-3-1/h2-6H,12H2,1H3,(H,13,14,15);1-6H. The van der Waals surface area contributed by atoms with Crippen molar-refractivity contribution in [3.05, 3.63) is 72.3 Å². The molecule has 0 aliphatic heterocycles. The third-order valence-electron chi connectivity index (χ3n) is 3.16. The average molecular weight is 315 g/mol. The number of hydrogen-bond acceptors (Lipinski definition) is 3. The van der Waals surface area contributed by atoms with Crippen LogP contribution in [0.15, 0.2) is 71.6 Å². The molecule has 0 spiro atoms. The molecule has 4 nitrogen and oxygen atoms in total. The third-order valence-corrected chi connectivity index (χ3v) is 4.08. The van der Waals surface area contributed by atoms with E-state index >= 15 is 0 Å². The smallest absolute Gasteiger partial charge is 0.295 e. The van der Waals surface area contributed by atoms with Crippen LogP contribution in [-0.4, -0.2) is 13.0 Å². The summed E-state index contributed by atoms with van der Waals surface area (Å²) >= 11 is 0. The molecule has 0 saturated heterocycles. The molecule has 0 fully saturated rings. The lowest BCUT2D eigenvalue weighted by molar-refractivity contribution is 0.484. The number of fused-ring (bicyclic) bond motifs is 1. The first-order valence-electron chi connectivity index (χ1n) is 6.66. The summed E-state index contributed by atoms with van der Waals surface area (Å²) in [6.45, 7) is 1.86. The van der Waals surface area contributed by atoms with E-state index in [-0.39, 0.29) is 4.90 Å². The van der Waals surface area contributed by atoms with Crippen LogP contribution in [-0.2, 0) is 10.1 Å². The normalized spacial score (nSPS) is 10.8. The average Bonchev–Trinajstić information content (AvgIpc) is 2.49. The van der Waals surface area contributed by atoms with Gasteiger partial charge in [-0.15, -0.1) is 0 Å². The Kier molecular flexibility index (Phi) is 4.80. The van der Waals surface area contributed by atoms with Gasteiger partial charge in [0.2, 0.25) is 0 Å². The first-order valence-corrected chi connectivity index (χ1v) is 8.10. The molecular formula is C17H17NO3S. The van der Waals surface area contributed by atoms with E-state index in [1.54, 1.807) is 24.3 Å². The molecule has 0 unspecified atom stereocenters. The summed E-state index contributed by atoms with van der Waals surface area (Å²) in [6, 6.07) is 19.9. The molecule has 0 amide bonds. The minimum Gasteiger partial charge on any atom is -0.399 e. The van der Waals surface area contributed by atoms with Crippen molar-refractivity contribution in [2.24, 2.45) is 0 Å². The summed E-state index contributed by atoms with van der Waals surface area (Å²) in [5.41, 5.74) is 7.11. The second kappa shape index (κ2) is 6.60. The SMILES string of the molecule is Cc1ccc(S(=O)(=O)O)c2ccc(N)cc12.c1ccccc1. The van der Waals surface area contributed by atoms with Crippen LogP contribution < -0.4 is 5.73 Å². The summed E-state index contributed by atoms with van der Waals surface area (Å²) < 4.78 is 31.4. The van der Waals surface area contributed by atoms with Crippen LogP contribution in [0.4, 0.5) is 5.69 Å². The van der Waals surface area contributed by atoms with Crippen molar-refractivity contribution in [1.82, 2.24) is 0 Å². The van der Waals surface area contributed by atoms with E-state index in [1.165, 1.54) is 6.07 Å². The molecule has 0 aromatic heterocycles. The molecule has 5 heteroatoms. The van der Waals surface area contributed by atoms with Crippen molar-refractivity contribution in [2.45, 2.75) is 11.8 Å². The van der Waals surface area contributed by atoms with Crippen LogP contribution in [0.1, 0.15) is 5.56 Å². The topological polar surface area (TPSA) is 80.4 Å². The Morgan fingerprint density at radius 2 is 1.41 bits per heavy atom. The van der Waals surface area contributed by atoms with Gasteiger partial charge in [-0.3, -0.25) is 4.55 Å². The number of nitrogen functional groups attached to an aromatic ring is 1. The van der Waals surface area contributed by atoms with Gasteiger partial charge in [0.25, 0.3) is 10.1 Å². The largest absolute Gasteiger partial charge is 0.399 e. The maximum Gasteiger partial charge on any atom is 0.295 e. The van der Waals surface area contributed by atoms with Crippen molar-refractivity contribution in [3.8, 4) is 0 Å². The minimum atomic E-state index is -4.20. The molecular weight excluding hydrogens is 298 g/mol. The van der Waals surface area contributed by atoms with E-state index < -0.39 is 10.1 Å². The van der Waals surface area contributed by atoms with E-state index in [4.69, 9.17) is 10.3 Å². The molecule has 0 radical (unpaired) electrons. The Balaban J connectivity index is 0.000000246. The van der Waals surface area contributed by atoms with Crippen LogP contribution in [0, 0.1) is 6.92 Å². The second-order valence-corrected chi connectivity index (χ2v) is 6.21. The quantitative estimate of drug-likeness (QED) is 0.530. The molecule has 0 aliphatic rings. The maximum atomic E-state index is 11.2. The summed E-state index contributed by atoms with van der Waals surface area (Å²) in [5.74, 6) is 0. The Hall–Kier alpha value is -2.37. The molecule has 0 aliphatic carbocycles. The van der Waals surface area contributed by atoms with Crippen LogP contribution in [0.5, 0.6) is 0 Å². The highest BCUT2D eigenvalue weighted by Gasteiger charge is 2.14. The highest BCUT2D eigenvalue weighted by atomic mass is 32.2. The number of anilines is 1. The fourth-order valence-electron chi connectivity index (χ4n) is 2.09. The maximum absolute atomic E-state index is 11.2. The van der Waals surface area contributed by atoms with E-state index in [2.05, 4.69) is 0 Å². The number of hydrogen-bond donors (Lipinski definition) is 2. The van der Waals surface area contributed by atoms with Crippen LogP contribution in [0.3, 0.4) is 0 Å². The third kappa shape index (κ3) is 3.84. The fraction of sp³-hybridized carbons (Fsp3) is 0.0588. The van der Waals surface area contributed by atoms with Gasteiger partial charge in [-0.25, -0.2) is 0 Å². The first-order chi connectivity index (χ1) is 10.4. The zero-order valence-electron chi connectivity index (χ0n) is 12.1. The molecule has 3 aromatic rings. The van der Waals surface area contributed by atoms with Gasteiger partial charge in [-0.2, -0.15) is 8.42 Å². The van der Waals surface area contributed by atoms with Crippen LogP contribution >= 0.6 is 0 Å². The highest BCUT2D eigenvalue weighted by molar-refractivity contribution is 7.86. The zero-order chi connectivity index (χ0) is 16.2. The Bertz CT molecular complexity index is 848. The number of benzene rings is 3. The van der Waals surface area contributed by atoms with Crippen molar-refractivity contribution >= 4 is 26.6 Å². The van der Waals surface area contributed by atoms with Crippen LogP contribution in [0.25, 0.3) is 10.8 Å². The van der Waals surface area contributed by atoms with Crippen molar-refractivity contribution in [1.29, 1.82) is 0 Å². The van der Waals surface area contributed by atoms with E-state index in [0.717, 1.165) is 10.9 Å². The van der Waals surface area contributed by atoms with Crippen molar-refractivity contribution in [3.63, 3.8) is 0 Å². The summed E-state index contributed by atoms with van der Waals surface area (Å²) in [4.78, 5) is -0.0897. The van der Waals surface area contributed by atoms with Gasteiger partial charge in [-0.1, -0.05) is 48.5 Å². The predicted molar refractivity (Wildman–Crippen MR) is 89.4 cm³/mol. The Labute approximate surface area is 130 Å². The van der Waals surface area contributed by atoms with Gasteiger partial charge in [0.05, 0.1) is 0 Å². The van der Waals surface area contributed by atoms with Gasteiger partial charge >= 0.3 is 0 Å². The van der Waals surface area contributed by atoms with Gasteiger partial charge in [0, 0.05) is 11.1 Å².